The molecular weight excluding hydrogens is 450 g/mol. The van der Waals surface area contributed by atoms with Crippen LogP contribution < -0.4 is 4.90 Å². The van der Waals surface area contributed by atoms with E-state index in [1.807, 2.05) is 0 Å². The lowest BCUT2D eigenvalue weighted by Crippen LogP contribution is -2.51. The molecular formula is C27H17NO7. The van der Waals surface area contributed by atoms with Gasteiger partial charge in [0.2, 0.25) is 29.0 Å². The molecule has 172 valence electrons. The second-order valence-corrected chi connectivity index (χ2v) is 8.76. The Morgan fingerprint density at radius 2 is 1.34 bits per heavy atom. The first-order chi connectivity index (χ1) is 16.9. The SMILES string of the molecule is O=C(O)c1ccc(N2C(=O)C3C(c4ccccc4)OC4(C(=O)c5ccccc5C4=O)C3C2=O)cc1. The Kier molecular flexibility index (Phi) is 4.40. The summed E-state index contributed by atoms with van der Waals surface area (Å²) in [6.07, 6.45) is -0.997. The third-order valence-corrected chi connectivity index (χ3v) is 7.02. The molecule has 3 unspecified atom stereocenters. The molecule has 0 saturated carbocycles. The van der Waals surface area contributed by atoms with Gasteiger partial charge in [0.1, 0.15) is 0 Å². The van der Waals surface area contributed by atoms with Crippen LogP contribution in [0.3, 0.4) is 0 Å². The molecule has 2 fully saturated rings. The van der Waals surface area contributed by atoms with E-state index in [0.717, 1.165) is 4.90 Å². The van der Waals surface area contributed by atoms with E-state index >= 15 is 0 Å². The highest BCUT2D eigenvalue weighted by molar-refractivity contribution is 6.37. The molecule has 8 heteroatoms. The minimum Gasteiger partial charge on any atom is -0.478 e. The van der Waals surface area contributed by atoms with E-state index in [9.17, 15) is 29.1 Å². The summed E-state index contributed by atoms with van der Waals surface area (Å²) in [5.41, 5.74) is -1.09. The van der Waals surface area contributed by atoms with Crippen molar-refractivity contribution in [2.45, 2.75) is 11.7 Å². The van der Waals surface area contributed by atoms with Crippen LogP contribution in [0.2, 0.25) is 0 Å². The number of ketones is 2. The number of imide groups is 1. The number of aromatic carboxylic acids is 1. The van der Waals surface area contributed by atoms with Crippen LogP contribution in [-0.2, 0) is 14.3 Å². The monoisotopic (exact) mass is 467 g/mol. The quantitative estimate of drug-likeness (QED) is 0.465. The summed E-state index contributed by atoms with van der Waals surface area (Å²) in [6, 6.07) is 20.3. The van der Waals surface area contributed by atoms with E-state index < -0.39 is 52.9 Å². The van der Waals surface area contributed by atoms with Gasteiger partial charge < -0.3 is 9.84 Å². The van der Waals surface area contributed by atoms with E-state index in [1.54, 1.807) is 42.5 Å². The molecule has 1 aliphatic carbocycles. The van der Waals surface area contributed by atoms with Gasteiger partial charge in [0, 0.05) is 11.1 Å². The summed E-state index contributed by atoms with van der Waals surface area (Å²) in [5, 5.41) is 9.18. The number of rotatable bonds is 3. The minimum atomic E-state index is -2.14. The van der Waals surface area contributed by atoms with E-state index in [2.05, 4.69) is 0 Å². The number of fused-ring (bicyclic) bond motifs is 3. The lowest BCUT2D eigenvalue weighted by atomic mass is 9.77. The first-order valence-electron chi connectivity index (χ1n) is 11.0. The van der Waals surface area contributed by atoms with Crippen LogP contribution in [0.1, 0.15) is 42.7 Å². The maximum Gasteiger partial charge on any atom is 0.335 e. The van der Waals surface area contributed by atoms with Gasteiger partial charge in [-0.2, -0.15) is 0 Å². The van der Waals surface area contributed by atoms with Crippen LogP contribution in [0.4, 0.5) is 5.69 Å². The fourth-order valence-corrected chi connectivity index (χ4v) is 5.47. The first kappa shape index (κ1) is 21.1. The standard InChI is InChI=1S/C27H17NO7/c29-22-17-8-4-5-9-18(17)23(30)27(22)20-19(21(35-27)14-6-2-1-3-7-14)24(31)28(25(20)32)16-12-10-15(11-13-16)26(33)34/h1-13,19-21H,(H,33,34). The first-order valence-corrected chi connectivity index (χ1v) is 11.0. The molecule has 1 N–H and O–H groups in total. The summed E-state index contributed by atoms with van der Waals surface area (Å²) in [5.74, 6) is -6.20. The maximum atomic E-state index is 13.8. The third-order valence-electron chi connectivity index (χ3n) is 7.02. The van der Waals surface area contributed by atoms with Gasteiger partial charge in [-0.25, -0.2) is 9.69 Å². The van der Waals surface area contributed by atoms with Gasteiger partial charge in [-0.1, -0.05) is 54.6 Å². The average molecular weight is 467 g/mol. The number of Topliss-reactive ketones (excluding diaryl/α,β-unsaturated/α-hetero) is 2. The molecule has 3 aromatic rings. The van der Waals surface area contributed by atoms with Crippen molar-refractivity contribution in [1.82, 2.24) is 0 Å². The molecule has 2 aliphatic heterocycles. The van der Waals surface area contributed by atoms with Crippen LogP contribution in [-0.4, -0.2) is 40.1 Å². The van der Waals surface area contributed by atoms with Crippen molar-refractivity contribution in [2.75, 3.05) is 4.90 Å². The molecule has 3 atom stereocenters. The number of amides is 2. The number of nitrogens with zero attached hydrogens (tertiary/aromatic N) is 1. The highest BCUT2D eigenvalue weighted by Gasteiger charge is 2.74. The number of carbonyl (C=O) groups excluding carboxylic acids is 4. The predicted molar refractivity (Wildman–Crippen MR) is 121 cm³/mol. The van der Waals surface area contributed by atoms with Crippen LogP contribution >= 0.6 is 0 Å². The number of carbonyl (C=O) groups is 5. The summed E-state index contributed by atoms with van der Waals surface area (Å²) >= 11 is 0. The molecule has 0 aromatic heterocycles. The van der Waals surface area contributed by atoms with Crippen molar-refractivity contribution in [1.29, 1.82) is 0 Å². The summed E-state index contributed by atoms with van der Waals surface area (Å²) in [4.78, 5) is 67.0. The minimum absolute atomic E-state index is 0.00778. The number of hydrogen-bond acceptors (Lipinski definition) is 6. The molecule has 2 amide bonds. The van der Waals surface area contributed by atoms with E-state index in [-0.39, 0.29) is 22.4 Å². The second-order valence-electron chi connectivity index (χ2n) is 8.76. The fraction of sp³-hybridized carbons (Fsp3) is 0.148. The van der Waals surface area contributed by atoms with Crippen molar-refractivity contribution in [3.05, 3.63) is 101 Å². The molecule has 0 bridgehead atoms. The number of carboxylic acid groups (broad SMARTS) is 1. The van der Waals surface area contributed by atoms with Crippen LogP contribution in [0.25, 0.3) is 0 Å². The molecule has 8 nitrogen and oxygen atoms in total. The number of ether oxygens (including phenoxy) is 1. The normalized spacial score (nSPS) is 24.2. The van der Waals surface area contributed by atoms with E-state index in [1.165, 1.54) is 36.4 Å². The van der Waals surface area contributed by atoms with Gasteiger partial charge in [0.15, 0.2) is 0 Å². The van der Waals surface area contributed by atoms with Crippen molar-refractivity contribution >= 4 is 35.0 Å². The second kappa shape index (κ2) is 7.28. The van der Waals surface area contributed by atoms with Gasteiger partial charge in [-0.05, 0) is 29.8 Å². The zero-order valence-electron chi connectivity index (χ0n) is 18.1. The smallest absolute Gasteiger partial charge is 0.335 e. The van der Waals surface area contributed by atoms with Crippen LogP contribution in [0.15, 0.2) is 78.9 Å². The summed E-state index contributed by atoms with van der Waals surface area (Å²) < 4.78 is 6.20. The Morgan fingerprint density at radius 3 is 1.91 bits per heavy atom. The van der Waals surface area contributed by atoms with Gasteiger partial charge in [-0.3, -0.25) is 19.2 Å². The molecule has 2 heterocycles. The molecule has 3 aliphatic rings. The highest BCUT2D eigenvalue weighted by Crippen LogP contribution is 2.57. The Bertz CT molecular complexity index is 1410. The number of carboxylic acids is 1. The predicted octanol–water partition coefficient (Wildman–Crippen LogP) is 3.08. The number of hydrogen-bond donors (Lipinski definition) is 1. The zero-order chi connectivity index (χ0) is 24.5. The van der Waals surface area contributed by atoms with Gasteiger partial charge in [0.05, 0.1) is 29.2 Å². The lowest BCUT2D eigenvalue weighted by molar-refractivity contribution is -0.127. The summed E-state index contributed by atoms with van der Waals surface area (Å²) in [7, 11) is 0. The van der Waals surface area contributed by atoms with Crippen LogP contribution in [0, 0.1) is 11.8 Å². The van der Waals surface area contributed by atoms with Gasteiger partial charge in [-0.15, -0.1) is 0 Å². The van der Waals surface area contributed by atoms with Crippen molar-refractivity contribution in [3.8, 4) is 0 Å². The molecule has 1 spiro atoms. The maximum absolute atomic E-state index is 13.8. The zero-order valence-corrected chi connectivity index (χ0v) is 18.1. The Morgan fingerprint density at radius 1 is 0.771 bits per heavy atom. The lowest BCUT2D eigenvalue weighted by Gasteiger charge is -2.27. The molecule has 0 radical (unpaired) electrons. The highest BCUT2D eigenvalue weighted by atomic mass is 16.5. The largest absolute Gasteiger partial charge is 0.478 e. The Labute approximate surface area is 198 Å². The van der Waals surface area contributed by atoms with Crippen LogP contribution in [0.5, 0.6) is 0 Å². The van der Waals surface area contributed by atoms with Crippen molar-refractivity contribution in [3.63, 3.8) is 0 Å². The number of anilines is 1. The van der Waals surface area contributed by atoms with Crippen molar-refractivity contribution in [2.24, 2.45) is 11.8 Å². The Balaban J connectivity index is 1.51. The molecule has 6 rings (SSSR count). The van der Waals surface area contributed by atoms with Crippen molar-refractivity contribution < 1.29 is 33.8 Å². The topological polar surface area (TPSA) is 118 Å². The van der Waals surface area contributed by atoms with Gasteiger partial charge >= 0.3 is 5.97 Å². The van der Waals surface area contributed by atoms with Gasteiger partial charge in [0.25, 0.3) is 0 Å². The molecule has 35 heavy (non-hydrogen) atoms. The van der Waals surface area contributed by atoms with E-state index in [4.69, 9.17) is 4.74 Å². The van der Waals surface area contributed by atoms with E-state index in [0.29, 0.717) is 5.56 Å². The Hall–Kier alpha value is -4.43. The molecule has 3 aromatic carbocycles. The third kappa shape index (κ3) is 2.68. The molecule has 2 saturated heterocycles. The average Bonchev–Trinajstić information content (AvgIpc) is 3.44. The summed E-state index contributed by atoms with van der Waals surface area (Å²) in [6.45, 7) is 0. The number of benzene rings is 3. The fourth-order valence-electron chi connectivity index (χ4n) is 5.47.